The number of aliphatic hydroxyl groups is 1. The Labute approximate surface area is 214 Å². The molecule has 1 amide bonds. The number of phosphoric acid groups is 1. The number of aliphatic hydroxyl groups excluding tert-OH is 1. The van der Waals surface area contributed by atoms with E-state index >= 15 is 0 Å². The normalized spacial score (nSPS) is 16.0. The summed E-state index contributed by atoms with van der Waals surface area (Å²) in [5, 5.41) is 13.0. The number of hydrogen-bond donors (Lipinski definition) is 3. The van der Waals surface area contributed by atoms with Gasteiger partial charge in [0.1, 0.15) is 13.2 Å². The molecule has 0 bridgehead atoms. The molecule has 0 aliphatic rings. The van der Waals surface area contributed by atoms with Gasteiger partial charge < -0.3 is 19.8 Å². The summed E-state index contributed by atoms with van der Waals surface area (Å²) in [6.45, 7) is 3.80. The van der Waals surface area contributed by atoms with Crippen molar-refractivity contribution < 1.29 is 32.9 Å². The highest BCUT2D eigenvalue weighted by Gasteiger charge is 2.27. The summed E-state index contributed by atoms with van der Waals surface area (Å²) >= 11 is 0. The highest BCUT2D eigenvalue weighted by atomic mass is 31.2. The quantitative estimate of drug-likeness (QED) is 0.0794. The fourth-order valence-electron chi connectivity index (χ4n) is 3.32. The van der Waals surface area contributed by atoms with E-state index < -0.39 is 20.0 Å². The van der Waals surface area contributed by atoms with Crippen LogP contribution in [0.2, 0.25) is 0 Å². The molecule has 8 nitrogen and oxygen atoms in total. The summed E-state index contributed by atoms with van der Waals surface area (Å²) in [5.74, 6) is -0.367. The van der Waals surface area contributed by atoms with Crippen LogP contribution in [-0.4, -0.2) is 73.4 Å². The minimum Gasteiger partial charge on any atom is -0.387 e. The Morgan fingerprint density at radius 3 is 2.11 bits per heavy atom. The van der Waals surface area contributed by atoms with Gasteiger partial charge in [0.05, 0.1) is 39.9 Å². The molecule has 35 heavy (non-hydrogen) atoms. The van der Waals surface area contributed by atoms with Crippen LogP contribution in [0.25, 0.3) is 0 Å². The van der Waals surface area contributed by atoms with Crippen molar-refractivity contribution in [2.24, 2.45) is 0 Å². The van der Waals surface area contributed by atoms with E-state index in [0.717, 1.165) is 19.3 Å². The lowest BCUT2D eigenvalue weighted by molar-refractivity contribution is -0.870. The van der Waals surface area contributed by atoms with Crippen molar-refractivity contribution in [3.8, 4) is 0 Å². The molecule has 0 fully saturated rings. The van der Waals surface area contributed by atoms with Gasteiger partial charge in [0, 0.05) is 6.92 Å². The zero-order chi connectivity index (χ0) is 26.6. The van der Waals surface area contributed by atoms with Gasteiger partial charge in [-0.1, -0.05) is 76.2 Å². The van der Waals surface area contributed by atoms with Crippen molar-refractivity contribution in [2.45, 2.75) is 96.6 Å². The van der Waals surface area contributed by atoms with Gasteiger partial charge in [-0.15, -0.1) is 0 Å². The van der Waals surface area contributed by atoms with E-state index in [2.05, 4.69) is 24.4 Å². The first-order valence-corrected chi connectivity index (χ1v) is 14.7. The topological polar surface area (TPSA) is 105 Å². The second-order valence-electron chi connectivity index (χ2n) is 10.1. The number of amides is 1. The molecule has 3 N–H and O–H groups in total. The Morgan fingerprint density at radius 2 is 1.51 bits per heavy atom. The van der Waals surface area contributed by atoms with Crippen LogP contribution < -0.4 is 5.32 Å². The summed E-state index contributed by atoms with van der Waals surface area (Å²) in [6, 6.07) is -0.858. The Morgan fingerprint density at radius 1 is 0.943 bits per heavy atom. The molecule has 3 atom stereocenters. The van der Waals surface area contributed by atoms with E-state index in [4.69, 9.17) is 9.05 Å². The van der Waals surface area contributed by atoms with Gasteiger partial charge in [-0.05, 0) is 25.7 Å². The standard InChI is InChI=1S/C26H51N2O6P/c1-6-7-8-9-10-11-12-13-14-15-16-17-18-19-20-26(30)25(27-24(2)29)23-34-35(31,32)33-22-21-28(3,4)5/h15-16,19-20,25-26,30H,6-14,17-18,21-23H2,1-5H3,(H-,27,29,31,32)/p+1/b16-15+,20-19+. The molecule has 206 valence electrons. The number of rotatable bonds is 22. The zero-order valence-electron chi connectivity index (χ0n) is 22.8. The van der Waals surface area contributed by atoms with Crippen molar-refractivity contribution in [2.75, 3.05) is 40.9 Å². The highest BCUT2D eigenvalue weighted by Crippen LogP contribution is 2.43. The summed E-state index contributed by atoms with van der Waals surface area (Å²) in [7, 11) is 1.54. The molecule has 0 saturated heterocycles. The van der Waals surface area contributed by atoms with Crippen molar-refractivity contribution in [1.82, 2.24) is 5.32 Å². The van der Waals surface area contributed by atoms with Crippen molar-refractivity contribution in [3.63, 3.8) is 0 Å². The van der Waals surface area contributed by atoms with Crippen molar-refractivity contribution in [1.29, 1.82) is 0 Å². The fraction of sp³-hybridized carbons (Fsp3) is 0.808. The number of nitrogens with one attached hydrogen (secondary N) is 1. The predicted molar refractivity (Wildman–Crippen MR) is 143 cm³/mol. The van der Waals surface area contributed by atoms with Crippen LogP contribution in [0.5, 0.6) is 0 Å². The van der Waals surface area contributed by atoms with Crippen molar-refractivity contribution >= 4 is 13.7 Å². The lowest BCUT2D eigenvalue weighted by atomic mass is 10.1. The third-order valence-electron chi connectivity index (χ3n) is 5.46. The van der Waals surface area contributed by atoms with E-state index in [1.54, 1.807) is 6.08 Å². The van der Waals surface area contributed by atoms with E-state index in [9.17, 15) is 19.4 Å². The summed E-state index contributed by atoms with van der Waals surface area (Å²) in [5.41, 5.74) is 0. The Balaban J connectivity index is 4.22. The van der Waals surface area contributed by atoms with E-state index in [-0.39, 0.29) is 19.1 Å². The molecular formula is C26H52N2O6P+. The number of phosphoric ester groups is 1. The van der Waals surface area contributed by atoms with Crippen LogP contribution in [0.3, 0.4) is 0 Å². The molecular weight excluding hydrogens is 467 g/mol. The number of quaternary nitrogens is 1. The Kier molecular flexibility index (Phi) is 19.5. The number of carbonyl (C=O) groups is 1. The molecule has 0 saturated carbocycles. The molecule has 0 aliphatic heterocycles. The van der Waals surface area contributed by atoms with Gasteiger partial charge in [0.25, 0.3) is 0 Å². The smallest absolute Gasteiger partial charge is 0.387 e. The van der Waals surface area contributed by atoms with Gasteiger partial charge in [-0.3, -0.25) is 13.8 Å². The number of nitrogens with zero attached hydrogens (tertiary/aromatic N) is 1. The minimum atomic E-state index is -4.28. The van der Waals surface area contributed by atoms with Crippen molar-refractivity contribution in [3.05, 3.63) is 24.3 Å². The first kappa shape index (κ1) is 34.0. The molecule has 3 unspecified atom stereocenters. The first-order chi connectivity index (χ1) is 16.5. The molecule has 0 rings (SSSR count). The number of carbonyl (C=O) groups excluding carboxylic acids is 1. The maximum Gasteiger partial charge on any atom is 0.472 e. The lowest BCUT2D eigenvalue weighted by Gasteiger charge is -2.25. The largest absolute Gasteiger partial charge is 0.472 e. The zero-order valence-corrected chi connectivity index (χ0v) is 23.7. The summed E-state index contributed by atoms with van der Waals surface area (Å²) < 4.78 is 22.7. The van der Waals surface area contributed by atoms with E-state index in [1.165, 1.54) is 58.3 Å². The summed E-state index contributed by atoms with van der Waals surface area (Å²) in [6.07, 6.45) is 20.0. The van der Waals surface area contributed by atoms with Gasteiger partial charge in [-0.2, -0.15) is 0 Å². The maximum atomic E-state index is 12.1. The molecule has 0 aliphatic carbocycles. The monoisotopic (exact) mass is 519 g/mol. The molecule has 0 radical (unpaired) electrons. The predicted octanol–water partition coefficient (Wildman–Crippen LogP) is 5.12. The number of hydrogen-bond acceptors (Lipinski definition) is 5. The van der Waals surface area contributed by atoms with Gasteiger partial charge in [0.15, 0.2) is 0 Å². The van der Waals surface area contributed by atoms with Gasteiger partial charge >= 0.3 is 7.82 Å². The number of likely N-dealkylation sites (N-methyl/N-ethyl adjacent to an activating group) is 1. The lowest BCUT2D eigenvalue weighted by Crippen LogP contribution is -2.44. The highest BCUT2D eigenvalue weighted by molar-refractivity contribution is 7.47. The fourth-order valence-corrected chi connectivity index (χ4v) is 4.06. The van der Waals surface area contributed by atoms with Crippen LogP contribution in [0.4, 0.5) is 0 Å². The molecule has 0 aromatic carbocycles. The minimum absolute atomic E-state index is 0.0527. The van der Waals surface area contributed by atoms with Crippen LogP contribution in [0, 0.1) is 0 Å². The van der Waals surface area contributed by atoms with Crippen LogP contribution in [0.15, 0.2) is 24.3 Å². The number of unbranched alkanes of at least 4 members (excludes halogenated alkanes) is 9. The van der Waals surface area contributed by atoms with Crippen LogP contribution in [0.1, 0.15) is 84.5 Å². The Bertz CT molecular complexity index is 648. The first-order valence-electron chi connectivity index (χ1n) is 13.2. The molecule has 9 heteroatoms. The van der Waals surface area contributed by atoms with E-state index in [0.29, 0.717) is 11.0 Å². The van der Waals surface area contributed by atoms with Gasteiger partial charge in [-0.25, -0.2) is 4.57 Å². The van der Waals surface area contributed by atoms with Crippen LogP contribution in [-0.2, 0) is 18.4 Å². The molecule has 0 aromatic rings. The molecule has 0 aromatic heterocycles. The SMILES string of the molecule is CCCCCCCCCC/C=C/CC/C=C/C(O)C(COP(=O)(O)OCC[N+](C)(C)C)NC(C)=O. The third-order valence-corrected chi connectivity index (χ3v) is 6.44. The average Bonchev–Trinajstić information content (AvgIpc) is 2.75. The maximum absolute atomic E-state index is 12.1. The second-order valence-corrected chi connectivity index (χ2v) is 11.6. The van der Waals surface area contributed by atoms with E-state index in [1.807, 2.05) is 27.2 Å². The Hall–Kier alpha value is -1.02. The van der Waals surface area contributed by atoms with Crippen LogP contribution >= 0.6 is 7.82 Å². The van der Waals surface area contributed by atoms with Gasteiger partial charge in [0.2, 0.25) is 5.91 Å². The number of allylic oxidation sites excluding steroid dienone is 3. The second kappa shape index (κ2) is 20.1. The third kappa shape index (κ3) is 23.1. The average molecular weight is 520 g/mol. The molecule has 0 spiro atoms. The summed E-state index contributed by atoms with van der Waals surface area (Å²) in [4.78, 5) is 21.4. The molecule has 0 heterocycles.